The zero-order valence-electron chi connectivity index (χ0n) is 8.61. The third kappa shape index (κ3) is 2.61. The van der Waals surface area contributed by atoms with Crippen molar-refractivity contribution in [2.75, 3.05) is 0 Å². The first kappa shape index (κ1) is 12.3. The summed E-state index contributed by atoms with van der Waals surface area (Å²) in [4.78, 5) is 0. The van der Waals surface area contributed by atoms with Crippen molar-refractivity contribution in [1.29, 1.82) is 0 Å². The van der Waals surface area contributed by atoms with Crippen molar-refractivity contribution in [3.8, 4) is 0 Å². The summed E-state index contributed by atoms with van der Waals surface area (Å²) >= 11 is 2.16. The summed E-state index contributed by atoms with van der Waals surface area (Å²) in [6, 6.07) is 0. The van der Waals surface area contributed by atoms with Gasteiger partial charge < -0.3 is 0 Å². The van der Waals surface area contributed by atoms with Crippen molar-refractivity contribution in [1.82, 2.24) is 0 Å². The second-order valence-electron chi connectivity index (χ2n) is 4.29. The van der Waals surface area contributed by atoms with Gasteiger partial charge in [0, 0.05) is 0 Å². The van der Waals surface area contributed by atoms with Crippen LogP contribution in [0.25, 0.3) is 0 Å². The van der Waals surface area contributed by atoms with E-state index >= 15 is 0 Å². The molecule has 0 aromatic rings. The van der Waals surface area contributed by atoms with Crippen LogP contribution in [0.1, 0.15) is 41.5 Å². The second kappa shape index (κ2) is 4.50. The van der Waals surface area contributed by atoms with Gasteiger partial charge in [-0.25, -0.2) is 0 Å². The van der Waals surface area contributed by atoms with Crippen LogP contribution in [-0.2, 0) is 0 Å². The molecule has 68 valence electrons. The first-order valence-electron chi connectivity index (χ1n) is 4.52. The zero-order valence-corrected chi connectivity index (χ0v) is 13.1. The predicted molar refractivity (Wildman–Crippen MR) is 60.0 cm³/mol. The molecule has 0 rings (SSSR count). The van der Waals surface area contributed by atoms with Gasteiger partial charge in [0.2, 0.25) is 0 Å². The Morgan fingerprint density at radius 1 is 0.727 bits per heavy atom. The molecule has 0 amide bonds. The number of hydrogen-bond acceptors (Lipinski definition) is 0. The van der Waals surface area contributed by atoms with E-state index in [1.807, 2.05) is 0 Å². The molecular formula is C9H21BrSn. The molecule has 0 saturated carbocycles. The third-order valence-electron chi connectivity index (χ3n) is 2.65. The fourth-order valence-corrected chi connectivity index (χ4v) is 13.4. The van der Waals surface area contributed by atoms with Gasteiger partial charge in [0.1, 0.15) is 0 Å². The number of rotatable bonds is 3. The molecule has 0 fully saturated rings. The van der Waals surface area contributed by atoms with Gasteiger partial charge >= 0.3 is 82.2 Å². The molecule has 0 saturated heterocycles. The van der Waals surface area contributed by atoms with Gasteiger partial charge in [0.25, 0.3) is 0 Å². The van der Waals surface area contributed by atoms with Crippen molar-refractivity contribution in [3.63, 3.8) is 0 Å². The van der Waals surface area contributed by atoms with Crippen molar-refractivity contribution in [2.24, 2.45) is 0 Å². The van der Waals surface area contributed by atoms with E-state index in [0.717, 1.165) is 11.8 Å². The minimum absolute atomic E-state index is 0.907. The van der Waals surface area contributed by atoms with Gasteiger partial charge in [0.05, 0.1) is 0 Å². The van der Waals surface area contributed by atoms with E-state index < -0.39 is 16.2 Å². The van der Waals surface area contributed by atoms with Crippen LogP contribution in [0.5, 0.6) is 0 Å². The van der Waals surface area contributed by atoms with E-state index in [9.17, 15) is 0 Å². The summed E-state index contributed by atoms with van der Waals surface area (Å²) in [5.41, 5.74) is 0. The Balaban J connectivity index is 4.53. The van der Waals surface area contributed by atoms with Crippen LogP contribution in [0.4, 0.5) is 0 Å². The van der Waals surface area contributed by atoms with Crippen molar-refractivity contribution in [3.05, 3.63) is 0 Å². The quantitative estimate of drug-likeness (QED) is 0.667. The Morgan fingerprint density at radius 2 is 0.909 bits per heavy atom. The summed E-state index contributed by atoms with van der Waals surface area (Å²) in [5, 5.41) is 0. The topological polar surface area (TPSA) is 0 Å². The van der Waals surface area contributed by atoms with Crippen molar-refractivity contribution < 1.29 is 0 Å². The monoisotopic (exact) mass is 328 g/mol. The number of hydrogen-bond donors (Lipinski definition) is 0. The minimum atomic E-state index is -1.93. The first-order chi connectivity index (χ1) is 4.83. The van der Waals surface area contributed by atoms with Crippen LogP contribution in [0, 0.1) is 0 Å². The maximum atomic E-state index is 4.09. The average molecular weight is 328 g/mol. The Bertz CT molecular complexity index is 97.0. The molecule has 0 nitrogen and oxygen atoms in total. The Labute approximate surface area is 81.8 Å². The SMILES string of the molecule is C[CH](C)[Sn]([Br])([CH](C)C)[CH](C)C. The van der Waals surface area contributed by atoms with Gasteiger partial charge in [-0.1, -0.05) is 0 Å². The summed E-state index contributed by atoms with van der Waals surface area (Å²) in [5.74, 6) is 0. The van der Waals surface area contributed by atoms with Crippen LogP contribution < -0.4 is 0 Å². The molecule has 0 radical (unpaired) electrons. The van der Waals surface area contributed by atoms with Gasteiger partial charge in [-0.3, -0.25) is 0 Å². The van der Waals surface area contributed by atoms with Crippen LogP contribution in [0.15, 0.2) is 0 Å². The molecule has 11 heavy (non-hydrogen) atoms. The third-order valence-corrected chi connectivity index (χ3v) is 36.2. The Morgan fingerprint density at radius 3 is 0.909 bits per heavy atom. The average Bonchev–Trinajstić information content (AvgIpc) is 1.84. The Hall–Kier alpha value is 1.28. The molecule has 0 N–H and O–H groups in total. The van der Waals surface area contributed by atoms with Crippen LogP contribution >= 0.6 is 12.7 Å². The van der Waals surface area contributed by atoms with Crippen molar-refractivity contribution >= 4 is 28.9 Å². The summed E-state index contributed by atoms with van der Waals surface area (Å²) < 4.78 is 2.72. The zero-order chi connectivity index (χ0) is 9.23. The molecular weight excluding hydrogens is 307 g/mol. The van der Waals surface area contributed by atoms with Gasteiger partial charge in [-0.2, -0.15) is 0 Å². The molecule has 2 heteroatoms. The van der Waals surface area contributed by atoms with E-state index in [2.05, 4.69) is 54.2 Å². The normalized spacial score (nSPS) is 13.6. The fourth-order valence-electron chi connectivity index (χ4n) is 2.00. The summed E-state index contributed by atoms with van der Waals surface area (Å²) in [6.07, 6.45) is 0. The molecule has 0 aliphatic rings. The predicted octanol–water partition coefficient (Wildman–Crippen LogP) is 4.56. The maximum absolute atomic E-state index is 4.09. The van der Waals surface area contributed by atoms with Gasteiger partial charge in [-0.15, -0.1) is 0 Å². The second-order valence-corrected chi connectivity index (χ2v) is 28.1. The standard InChI is InChI=1S/3C3H7.BrH.Sn/c3*1-3-2;;/h3*3H,1-2H3;1H;/q;;;;+1/p-1. The molecule has 0 heterocycles. The fraction of sp³-hybridized carbons (Fsp3) is 1.00. The van der Waals surface area contributed by atoms with Crippen LogP contribution in [0.2, 0.25) is 11.8 Å². The Kier molecular flexibility index (Phi) is 5.02. The van der Waals surface area contributed by atoms with Gasteiger partial charge in [0.15, 0.2) is 0 Å². The molecule has 0 bridgehead atoms. The van der Waals surface area contributed by atoms with Gasteiger partial charge in [-0.05, 0) is 0 Å². The summed E-state index contributed by atoms with van der Waals surface area (Å²) in [7, 11) is 0. The van der Waals surface area contributed by atoms with Crippen LogP contribution in [0.3, 0.4) is 0 Å². The van der Waals surface area contributed by atoms with Crippen molar-refractivity contribution in [2.45, 2.75) is 53.3 Å². The van der Waals surface area contributed by atoms with E-state index in [1.165, 1.54) is 0 Å². The summed E-state index contributed by atoms with van der Waals surface area (Å²) in [6.45, 7) is 14.3. The van der Waals surface area contributed by atoms with E-state index in [1.54, 1.807) is 0 Å². The molecule has 0 aromatic heterocycles. The van der Waals surface area contributed by atoms with E-state index in [4.69, 9.17) is 0 Å². The van der Waals surface area contributed by atoms with E-state index in [0.29, 0.717) is 0 Å². The first-order valence-corrected chi connectivity index (χ1v) is 15.9. The molecule has 0 aliphatic carbocycles. The molecule has 0 unspecified atom stereocenters. The number of halogens is 1. The van der Waals surface area contributed by atoms with Crippen LogP contribution in [-0.4, -0.2) is 16.2 Å². The molecule has 0 atom stereocenters. The molecule has 0 aliphatic heterocycles. The molecule has 0 spiro atoms. The van der Waals surface area contributed by atoms with E-state index in [-0.39, 0.29) is 0 Å². The molecule has 0 aromatic carbocycles.